The number of aromatic amines is 2. The number of hydrogen-bond donors (Lipinski definition) is 3. The van der Waals surface area contributed by atoms with Crippen LogP contribution < -0.4 is 0 Å². The van der Waals surface area contributed by atoms with Crippen molar-refractivity contribution in [2.24, 2.45) is 0 Å². The first kappa shape index (κ1) is 52.6. The summed E-state index contributed by atoms with van der Waals surface area (Å²) in [4.78, 5) is 19.3. The molecule has 5 nitrogen and oxygen atoms in total. The molecule has 2 aliphatic rings. The lowest BCUT2D eigenvalue weighted by molar-refractivity contribution is 0.482. The smallest absolute Gasteiger partial charge is 0.141 e. The molecule has 0 aliphatic carbocycles. The van der Waals surface area contributed by atoms with Crippen molar-refractivity contribution in [1.82, 2.24) is 19.9 Å². The van der Waals surface area contributed by atoms with Crippen LogP contribution in [-0.4, -0.2) is 25.0 Å². The van der Waals surface area contributed by atoms with Crippen LogP contribution in [0, 0.1) is 0 Å². The maximum atomic E-state index is 12.7. The van der Waals surface area contributed by atoms with Gasteiger partial charge in [0.1, 0.15) is 5.75 Å². The molecule has 8 bridgehead atoms. The summed E-state index contributed by atoms with van der Waals surface area (Å²) in [6.45, 7) is 41.0. The number of halogens is 1. The van der Waals surface area contributed by atoms with Gasteiger partial charge < -0.3 is 15.1 Å². The molecule has 0 radical (unpaired) electrons. The molecule has 0 fully saturated rings. The third kappa shape index (κ3) is 10.4. The van der Waals surface area contributed by atoms with Crippen LogP contribution in [0.5, 0.6) is 5.75 Å². The molecule has 2 aliphatic heterocycles. The van der Waals surface area contributed by atoms with Crippen molar-refractivity contribution in [3.63, 3.8) is 0 Å². The number of rotatable bonds is 4. The van der Waals surface area contributed by atoms with Crippen molar-refractivity contribution in [1.29, 1.82) is 0 Å². The predicted molar refractivity (Wildman–Crippen MR) is 322 cm³/mol. The molecule has 382 valence electrons. The van der Waals surface area contributed by atoms with Gasteiger partial charge in [-0.3, -0.25) is 0 Å². The minimum absolute atomic E-state index is 0.112. The first-order chi connectivity index (χ1) is 34.2. The number of fused-ring (bicyclic) bond motifs is 8. The first-order valence-electron chi connectivity index (χ1n) is 26.4. The third-order valence-electron chi connectivity index (χ3n) is 14.8. The Kier molecular flexibility index (Phi) is 13.0. The Morgan fingerprint density at radius 3 is 0.973 bits per heavy atom. The summed E-state index contributed by atoms with van der Waals surface area (Å²) in [5.74, 6) is 0.140. The predicted octanol–water partition coefficient (Wildman–Crippen LogP) is 19.6. The van der Waals surface area contributed by atoms with E-state index in [1.54, 1.807) is 0 Å². The number of aromatic hydroxyl groups is 1. The quantitative estimate of drug-likeness (QED) is 0.164. The van der Waals surface area contributed by atoms with Gasteiger partial charge in [-0.1, -0.05) is 207 Å². The molecule has 0 atom stereocenters. The van der Waals surface area contributed by atoms with E-state index in [0.29, 0.717) is 5.52 Å². The van der Waals surface area contributed by atoms with E-state index in [1.807, 2.05) is 6.07 Å². The Morgan fingerprint density at radius 2 is 0.635 bits per heavy atom. The van der Waals surface area contributed by atoms with E-state index in [-0.39, 0.29) is 38.2 Å². The highest BCUT2D eigenvalue weighted by atomic mass is 79.9. The largest absolute Gasteiger partial charge is 0.506 e. The lowest BCUT2D eigenvalue weighted by Gasteiger charge is -2.26. The summed E-state index contributed by atoms with van der Waals surface area (Å²) < 4.78 is 0.999. The summed E-state index contributed by atoms with van der Waals surface area (Å²) in [5, 5.41) is 12.7. The fourth-order valence-electron chi connectivity index (χ4n) is 10.0. The van der Waals surface area contributed by atoms with E-state index in [0.717, 1.165) is 88.3 Å². The Bertz CT molecular complexity index is 3510. The van der Waals surface area contributed by atoms with Crippen LogP contribution in [0.1, 0.15) is 181 Å². The maximum absolute atomic E-state index is 12.7. The molecule has 3 aromatic heterocycles. The average Bonchev–Trinajstić information content (AvgIpc) is 4.13. The van der Waals surface area contributed by atoms with Crippen molar-refractivity contribution < 1.29 is 5.11 Å². The lowest BCUT2D eigenvalue weighted by Crippen LogP contribution is -2.16. The van der Waals surface area contributed by atoms with Crippen LogP contribution in [0.25, 0.3) is 90.9 Å². The molecule has 0 saturated heterocycles. The minimum atomic E-state index is -0.153. The summed E-state index contributed by atoms with van der Waals surface area (Å²) in [6.07, 6.45) is 8.60. The highest BCUT2D eigenvalue weighted by Crippen LogP contribution is 2.45. The normalized spacial score (nSPS) is 13.6. The zero-order valence-corrected chi connectivity index (χ0v) is 48.9. The molecule has 6 heteroatoms. The van der Waals surface area contributed by atoms with Gasteiger partial charge >= 0.3 is 0 Å². The van der Waals surface area contributed by atoms with Crippen LogP contribution in [-0.2, 0) is 32.5 Å². The number of nitrogens with zero attached hydrogens (tertiary/aromatic N) is 2. The Hall–Kier alpha value is -6.24. The van der Waals surface area contributed by atoms with Gasteiger partial charge in [-0.25, -0.2) is 9.97 Å². The van der Waals surface area contributed by atoms with E-state index < -0.39 is 0 Å². The first-order valence-corrected chi connectivity index (χ1v) is 27.2. The van der Waals surface area contributed by atoms with Crippen LogP contribution >= 0.6 is 15.9 Å². The van der Waals surface area contributed by atoms with E-state index in [4.69, 9.17) is 9.97 Å². The minimum Gasteiger partial charge on any atom is -0.506 e. The van der Waals surface area contributed by atoms with Crippen molar-refractivity contribution in [2.75, 3.05) is 0 Å². The molecule has 74 heavy (non-hydrogen) atoms. The summed E-state index contributed by atoms with van der Waals surface area (Å²) in [6, 6.07) is 35.9. The van der Waals surface area contributed by atoms with Crippen LogP contribution in [0.3, 0.4) is 0 Å². The Labute approximate surface area is 449 Å². The summed E-state index contributed by atoms with van der Waals surface area (Å²) >= 11 is 3.71. The average molecular weight is 1050 g/mol. The van der Waals surface area contributed by atoms with E-state index in [2.05, 4.69) is 266 Å². The molecule has 0 amide bonds. The van der Waals surface area contributed by atoms with E-state index in [1.165, 1.54) is 33.4 Å². The molecule has 4 aromatic carbocycles. The molecular formula is C68H77BrN4O. The standard InChI is InChI=1S/C68H77BrN4O/c1-63(2,3)43-29-40(30-44(35-43)64(4,5)6)59-52-24-23-50(70-52)58(39-19-21-49(69)22-20-39)51-27-28-55(72-51)61(42-33-47(67(13,14)15)37-48(34-42)68(16,17)18)62-57(74)38-56(73-62)60(54-26-25-53(59)71-54)41-31-45(65(7,8)9)36-46(32-41)66(10,11)12/h19-38,70,73-74H,1-18H3. The second-order valence-corrected chi connectivity index (χ2v) is 28.0. The molecular weight excluding hydrogens is 969 g/mol. The van der Waals surface area contributed by atoms with Gasteiger partial charge in [0.05, 0.1) is 33.8 Å². The number of hydrogen-bond acceptors (Lipinski definition) is 3. The second-order valence-electron chi connectivity index (χ2n) is 27.1. The Morgan fingerprint density at radius 1 is 0.338 bits per heavy atom. The number of aromatic nitrogens is 4. The van der Waals surface area contributed by atoms with Gasteiger partial charge in [-0.05, 0) is 137 Å². The number of benzene rings is 4. The molecule has 9 rings (SSSR count). The number of H-pyrrole nitrogens is 2. The van der Waals surface area contributed by atoms with Gasteiger partial charge in [0.25, 0.3) is 0 Å². The summed E-state index contributed by atoms with van der Waals surface area (Å²) in [5.41, 5.74) is 20.9. The molecule has 7 aromatic rings. The van der Waals surface area contributed by atoms with Crippen LogP contribution in [0.4, 0.5) is 0 Å². The van der Waals surface area contributed by atoms with Crippen LogP contribution in [0.2, 0.25) is 0 Å². The van der Waals surface area contributed by atoms with Gasteiger partial charge in [0.15, 0.2) is 0 Å². The third-order valence-corrected chi connectivity index (χ3v) is 15.4. The topological polar surface area (TPSA) is 77.6 Å². The van der Waals surface area contributed by atoms with Gasteiger partial charge in [-0.2, -0.15) is 0 Å². The van der Waals surface area contributed by atoms with Crippen LogP contribution in [0.15, 0.2) is 102 Å². The lowest BCUT2D eigenvalue weighted by atomic mass is 9.78. The second kappa shape index (κ2) is 18.3. The van der Waals surface area contributed by atoms with Gasteiger partial charge in [0, 0.05) is 43.8 Å². The fraction of sp³-hybridized carbons (Fsp3) is 0.353. The molecule has 5 heterocycles. The molecule has 0 saturated carbocycles. The monoisotopic (exact) mass is 1040 g/mol. The highest BCUT2D eigenvalue weighted by Gasteiger charge is 2.28. The van der Waals surface area contributed by atoms with Crippen molar-refractivity contribution >= 4 is 62.3 Å². The van der Waals surface area contributed by atoms with E-state index in [9.17, 15) is 5.11 Å². The fourth-order valence-corrected chi connectivity index (χ4v) is 10.3. The highest BCUT2D eigenvalue weighted by molar-refractivity contribution is 9.10. The van der Waals surface area contributed by atoms with E-state index >= 15 is 0 Å². The zero-order valence-electron chi connectivity index (χ0n) is 47.3. The van der Waals surface area contributed by atoms with Crippen molar-refractivity contribution in [3.8, 4) is 50.3 Å². The maximum Gasteiger partial charge on any atom is 0.141 e. The summed E-state index contributed by atoms with van der Waals surface area (Å²) in [7, 11) is 0. The van der Waals surface area contributed by atoms with Crippen molar-refractivity contribution in [3.05, 3.63) is 158 Å². The van der Waals surface area contributed by atoms with Gasteiger partial charge in [0.2, 0.25) is 0 Å². The van der Waals surface area contributed by atoms with Gasteiger partial charge in [-0.15, -0.1) is 0 Å². The van der Waals surface area contributed by atoms with Crippen molar-refractivity contribution in [2.45, 2.75) is 157 Å². The molecule has 0 spiro atoms. The Balaban J connectivity index is 1.55. The SMILES string of the molecule is CC(C)(C)c1cc(-c2c3nc(c(-c4cc(C(C)(C)C)cc(C(C)(C)C)c4)c4cc(O)c([nH]4)c(-c4cc(C(C)(C)C)cc(C(C)(C)C)c4)c4nc(c(-c5ccc(Br)cc5)c5ccc2[nH]5)C=C4)C=C3)cc(C(C)(C)C)c1. The molecule has 0 unspecified atom stereocenters. The zero-order chi connectivity index (χ0) is 53.8. The number of nitrogens with one attached hydrogen (secondary N) is 2. The molecule has 3 N–H and O–H groups in total.